The fraction of sp³-hybridized carbons (Fsp3) is 0.467. The Kier molecular flexibility index (Phi) is 5.09. The molecule has 3 rings (SSSR count). The molecule has 128 valence electrons. The first-order valence-electron chi connectivity index (χ1n) is 7.84. The second kappa shape index (κ2) is 7.43. The molecule has 0 radical (unpaired) electrons. The number of ether oxygens (including phenoxy) is 1. The van der Waals surface area contributed by atoms with Crippen molar-refractivity contribution in [2.24, 2.45) is 0 Å². The van der Waals surface area contributed by atoms with E-state index in [9.17, 15) is 9.59 Å². The standard InChI is InChI=1S/C15H19N5O3S/c1-2-23-14(21)11-5-7-24-13(11)18-15(22)20-6-3-4-10(8-20)12-16-9-17-19-12/h5,7,9-10H,2-4,6,8H2,1H3,(H,18,22)(H,16,17,19). The number of likely N-dealkylation sites (tertiary alicyclic amines) is 1. The molecular formula is C15H19N5O3S. The van der Waals surface area contributed by atoms with Gasteiger partial charge in [0.1, 0.15) is 17.2 Å². The van der Waals surface area contributed by atoms with Gasteiger partial charge in [0, 0.05) is 19.0 Å². The SMILES string of the molecule is CCOC(=O)c1ccsc1NC(=O)N1CCCC(c2ncn[nH]2)C1. The molecule has 2 amide bonds. The summed E-state index contributed by atoms with van der Waals surface area (Å²) in [4.78, 5) is 30.4. The molecule has 1 fully saturated rings. The van der Waals surface area contributed by atoms with Crippen molar-refractivity contribution >= 4 is 28.3 Å². The minimum absolute atomic E-state index is 0.153. The average molecular weight is 349 g/mol. The van der Waals surface area contributed by atoms with E-state index in [4.69, 9.17) is 4.74 Å². The van der Waals surface area contributed by atoms with Crippen LogP contribution < -0.4 is 5.32 Å². The molecule has 24 heavy (non-hydrogen) atoms. The van der Waals surface area contributed by atoms with E-state index in [0.717, 1.165) is 18.7 Å². The maximum absolute atomic E-state index is 12.5. The highest BCUT2D eigenvalue weighted by atomic mass is 32.1. The number of aromatic amines is 1. The summed E-state index contributed by atoms with van der Waals surface area (Å²) in [5.74, 6) is 0.530. The number of urea groups is 1. The number of amides is 2. The Balaban J connectivity index is 1.65. The molecule has 9 heteroatoms. The van der Waals surface area contributed by atoms with E-state index >= 15 is 0 Å². The minimum atomic E-state index is -0.424. The smallest absolute Gasteiger partial charge is 0.341 e. The molecule has 0 spiro atoms. The number of thiophene rings is 1. The van der Waals surface area contributed by atoms with Gasteiger partial charge in [0.05, 0.1) is 12.2 Å². The Hall–Kier alpha value is -2.42. The van der Waals surface area contributed by atoms with Gasteiger partial charge in [-0.05, 0) is 31.2 Å². The summed E-state index contributed by atoms with van der Waals surface area (Å²) in [6.07, 6.45) is 3.34. The molecular weight excluding hydrogens is 330 g/mol. The molecule has 0 aliphatic carbocycles. The van der Waals surface area contributed by atoms with Gasteiger partial charge in [-0.25, -0.2) is 14.6 Å². The number of carbonyl (C=O) groups excluding carboxylic acids is 2. The molecule has 8 nitrogen and oxygen atoms in total. The summed E-state index contributed by atoms with van der Waals surface area (Å²) in [7, 11) is 0. The Bertz CT molecular complexity index is 700. The van der Waals surface area contributed by atoms with E-state index in [0.29, 0.717) is 30.3 Å². The molecule has 2 N–H and O–H groups in total. The normalized spacial score (nSPS) is 17.5. The van der Waals surface area contributed by atoms with Crippen LogP contribution in [0.5, 0.6) is 0 Å². The van der Waals surface area contributed by atoms with Crippen molar-refractivity contribution < 1.29 is 14.3 Å². The van der Waals surface area contributed by atoms with Crippen molar-refractivity contribution in [3.63, 3.8) is 0 Å². The molecule has 1 saturated heterocycles. The molecule has 3 heterocycles. The number of aromatic nitrogens is 3. The van der Waals surface area contributed by atoms with Crippen molar-refractivity contribution in [3.8, 4) is 0 Å². The molecule has 0 aromatic carbocycles. The van der Waals surface area contributed by atoms with E-state index in [1.807, 2.05) is 0 Å². The van der Waals surface area contributed by atoms with Crippen molar-refractivity contribution in [2.75, 3.05) is 25.0 Å². The Morgan fingerprint density at radius 3 is 3.17 bits per heavy atom. The van der Waals surface area contributed by atoms with Gasteiger partial charge >= 0.3 is 12.0 Å². The lowest BCUT2D eigenvalue weighted by Crippen LogP contribution is -2.41. The number of rotatable bonds is 4. The van der Waals surface area contributed by atoms with Crippen LogP contribution in [0.3, 0.4) is 0 Å². The van der Waals surface area contributed by atoms with E-state index in [1.165, 1.54) is 17.7 Å². The second-order valence-corrected chi connectivity index (χ2v) is 6.39. The van der Waals surface area contributed by atoms with Gasteiger partial charge in [-0.1, -0.05) is 0 Å². The van der Waals surface area contributed by atoms with Gasteiger partial charge in [-0.3, -0.25) is 10.4 Å². The van der Waals surface area contributed by atoms with Gasteiger partial charge in [0.2, 0.25) is 0 Å². The zero-order chi connectivity index (χ0) is 16.9. The first kappa shape index (κ1) is 16.4. The summed E-state index contributed by atoms with van der Waals surface area (Å²) in [6.45, 7) is 3.30. The zero-order valence-electron chi connectivity index (χ0n) is 13.3. The number of hydrogen-bond acceptors (Lipinski definition) is 6. The van der Waals surface area contributed by atoms with E-state index in [-0.39, 0.29) is 11.9 Å². The van der Waals surface area contributed by atoms with Crippen LogP contribution in [0.4, 0.5) is 9.80 Å². The van der Waals surface area contributed by atoms with Crippen molar-refractivity contribution in [2.45, 2.75) is 25.7 Å². The third-order valence-corrected chi connectivity index (χ3v) is 4.74. The summed E-state index contributed by atoms with van der Waals surface area (Å²) in [5, 5.41) is 11.8. The van der Waals surface area contributed by atoms with Gasteiger partial charge < -0.3 is 9.64 Å². The fourth-order valence-electron chi connectivity index (χ4n) is 2.75. The molecule has 2 aromatic rings. The predicted molar refractivity (Wildman–Crippen MR) is 89.2 cm³/mol. The van der Waals surface area contributed by atoms with Crippen LogP contribution in [0.2, 0.25) is 0 Å². The highest BCUT2D eigenvalue weighted by molar-refractivity contribution is 7.14. The Morgan fingerprint density at radius 1 is 1.54 bits per heavy atom. The Labute approximate surface area is 143 Å². The van der Waals surface area contributed by atoms with Crippen LogP contribution >= 0.6 is 11.3 Å². The molecule has 1 unspecified atom stereocenters. The lowest BCUT2D eigenvalue weighted by molar-refractivity contribution is 0.0528. The van der Waals surface area contributed by atoms with Gasteiger partial charge in [-0.2, -0.15) is 5.10 Å². The topological polar surface area (TPSA) is 100 Å². The first-order chi connectivity index (χ1) is 11.7. The van der Waals surface area contributed by atoms with Crippen LogP contribution in [0.15, 0.2) is 17.8 Å². The lowest BCUT2D eigenvalue weighted by atomic mass is 9.98. The third kappa shape index (κ3) is 3.56. The van der Waals surface area contributed by atoms with Crippen LogP contribution in [0.25, 0.3) is 0 Å². The minimum Gasteiger partial charge on any atom is -0.462 e. The molecule has 1 aliphatic rings. The molecule has 0 bridgehead atoms. The lowest BCUT2D eigenvalue weighted by Gasteiger charge is -2.31. The molecule has 1 atom stereocenters. The number of anilines is 1. The summed E-state index contributed by atoms with van der Waals surface area (Å²) >= 11 is 1.31. The number of esters is 1. The number of carbonyl (C=O) groups is 2. The largest absolute Gasteiger partial charge is 0.462 e. The number of piperidine rings is 1. The van der Waals surface area contributed by atoms with Gasteiger partial charge in [-0.15, -0.1) is 11.3 Å². The van der Waals surface area contributed by atoms with E-state index in [1.54, 1.807) is 23.3 Å². The summed E-state index contributed by atoms with van der Waals surface area (Å²) in [5.41, 5.74) is 0.388. The van der Waals surface area contributed by atoms with Crippen LogP contribution in [0, 0.1) is 0 Å². The van der Waals surface area contributed by atoms with Crippen LogP contribution in [0.1, 0.15) is 41.9 Å². The highest BCUT2D eigenvalue weighted by Gasteiger charge is 2.27. The number of H-pyrrole nitrogens is 1. The van der Waals surface area contributed by atoms with Gasteiger partial charge in [0.15, 0.2) is 0 Å². The van der Waals surface area contributed by atoms with Crippen molar-refractivity contribution in [1.82, 2.24) is 20.1 Å². The van der Waals surface area contributed by atoms with E-state index in [2.05, 4.69) is 20.5 Å². The second-order valence-electron chi connectivity index (χ2n) is 5.47. The maximum Gasteiger partial charge on any atom is 0.341 e. The molecule has 0 saturated carbocycles. The van der Waals surface area contributed by atoms with Crippen LogP contribution in [-0.2, 0) is 4.74 Å². The Morgan fingerprint density at radius 2 is 2.42 bits per heavy atom. The maximum atomic E-state index is 12.5. The van der Waals surface area contributed by atoms with Crippen molar-refractivity contribution in [3.05, 3.63) is 29.2 Å². The number of nitrogens with zero attached hydrogens (tertiary/aromatic N) is 3. The van der Waals surface area contributed by atoms with Crippen LogP contribution in [-0.4, -0.2) is 51.8 Å². The van der Waals surface area contributed by atoms with Gasteiger partial charge in [0.25, 0.3) is 0 Å². The highest BCUT2D eigenvalue weighted by Crippen LogP contribution is 2.27. The zero-order valence-corrected chi connectivity index (χ0v) is 14.1. The number of hydrogen-bond donors (Lipinski definition) is 2. The fourth-order valence-corrected chi connectivity index (χ4v) is 3.51. The summed E-state index contributed by atoms with van der Waals surface area (Å²) in [6, 6.07) is 1.44. The third-order valence-electron chi connectivity index (χ3n) is 3.91. The predicted octanol–water partition coefficient (Wildman–Crippen LogP) is 2.45. The van der Waals surface area contributed by atoms with E-state index < -0.39 is 5.97 Å². The monoisotopic (exact) mass is 349 g/mol. The molecule has 2 aromatic heterocycles. The average Bonchev–Trinajstić information content (AvgIpc) is 3.27. The first-order valence-corrected chi connectivity index (χ1v) is 8.72. The summed E-state index contributed by atoms with van der Waals surface area (Å²) < 4.78 is 5.00. The quantitative estimate of drug-likeness (QED) is 0.826. The molecule has 1 aliphatic heterocycles. The number of nitrogens with one attached hydrogen (secondary N) is 2. The van der Waals surface area contributed by atoms with Crippen molar-refractivity contribution in [1.29, 1.82) is 0 Å².